The van der Waals surface area contributed by atoms with Gasteiger partial charge in [-0.25, -0.2) is 0 Å². The number of ether oxygens (including phenoxy) is 1. The van der Waals surface area contributed by atoms with E-state index in [0.29, 0.717) is 13.2 Å². The van der Waals surface area contributed by atoms with E-state index in [1.54, 1.807) is 0 Å². The molecule has 84 valence electrons. The van der Waals surface area contributed by atoms with Crippen molar-refractivity contribution in [1.29, 1.82) is 0 Å². The van der Waals surface area contributed by atoms with Crippen molar-refractivity contribution in [3.8, 4) is 0 Å². The van der Waals surface area contributed by atoms with Crippen molar-refractivity contribution < 1.29 is 9.53 Å². The van der Waals surface area contributed by atoms with Crippen LogP contribution in [0.5, 0.6) is 0 Å². The third kappa shape index (κ3) is 5.94. The van der Waals surface area contributed by atoms with Crippen molar-refractivity contribution in [2.45, 2.75) is 45.8 Å². The molecule has 0 aliphatic carbocycles. The number of amides is 1. The Bertz CT molecular complexity index is 162. The maximum atomic E-state index is 11.3. The second kappa shape index (κ2) is 7.76. The Morgan fingerprint density at radius 1 is 1.50 bits per heavy atom. The number of hydrogen-bond acceptors (Lipinski definition) is 3. The van der Waals surface area contributed by atoms with E-state index >= 15 is 0 Å². The Balaban J connectivity index is 3.61. The molecular formula is C10H22N2O2. The first-order valence-corrected chi connectivity index (χ1v) is 5.26. The van der Waals surface area contributed by atoms with Gasteiger partial charge in [0.2, 0.25) is 5.91 Å². The second-order valence-corrected chi connectivity index (χ2v) is 3.41. The van der Waals surface area contributed by atoms with Crippen LogP contribution in [0.2, 0.25) is 0 Å². The van der Waals surface area contributed by atoms with Gasteiger partial charge in [-0.05, 0) is 20.3 Å². The highest BCUT2D eigenvalue weighted by Gasteiger charge is 2.12. The molecule has 0 aromatic rings. The molecule has 4 heteroatoms. The van der Waals surface area contributed by atoms with Gasteiger partial charge in [0.1, 0.15) is 0 Å². The average Bonchev–Trinajstić information content (AvgIpc) is 2.15. The number of carbonyl (C=O) groups is 1. The lowest BCUT2D eigenvalue weighted by Gasteiger charge is -2.15. The lowest BCUT2D eigenvalue weighted by molar-refractivity contribution is -0.123. The summed E-state index contributed by atoms with van der Waals surface area (Å²) >= 11 is 0. The summed E-state index contributed by atoms with van der Waals surface area (Å²) in [6.07, 6.45) is 1.71. The summed E-state index contributed by atoms with van der Waals surface area (Å²) in [6.45, 7) is 7.06. The van der Waals surface area contributed by atoms with E-state index in [1.807, 2.05) is 20.8 Å². The molecule has 0 saturated carbocycles. The predicted molar refractivity (Wildman–Crippen MR) is 57.0 cm³/mol. The van der Waals surface area contributed by atoms with Gasteiger partial charge in [0.05, 0.1) is 12.1 Å². The predicted octanol–water partition coefficient (Wildman–Crippen LogP) is 0.655. The van der Waals surface area contributed by atoms with E-state index < -0.39 is 0 Å². The molecule has 0 spiro atoms. The number of carbonyl (C=O) groups excluding carboxylic acids is 1. The number of nitrogens with one attached hydrogen (secondary N) is 1. The third-order valence-corrected chi connectivity index (χ3v) is 1.95. The number of rotatable bonds is 7. The van der Waals surface area contributed by atoms with E-state index in [1.165, 1.54) is 0 Å². The highest BCUT2D eigenvalue weighted by atomic mass is 16.5. The van der Waals surface area contributed by atoms with E-state index in [0.717, 1.165) is 12.8 Å². The van der Waals surface area contributed by atoms with Crippen LogP contribution in [0.15, 0.2) is 0 Å². The zero-order valence-corrected chi connectivity index (χ0v) is 9.38. The fourth-order valence-corrected chi connectivity index (χ4v) is 1.16. The molecule has 14 heavy (non-hydrogen) atoms. The zero-order chi connectivity index (χ0) is 11.0. The average molecular weight is 202 g/mol. The molecule has 0 saturated heterocycles. The van der Waals surface area contributed by atoms with E-state index in [4.69, 9.17) is 10.5 Å². The Morgan fingerprint density at radius 3 is 2.64 bits per heavy atom. The normalized spacial score (nSPS) is 14.9. The highest BCUT2D eigenvalue weighted by Crippen LogP contribution is 1.94. The first-order chi connectivity index (χ1) is 6.61. The van der Waals surface area contributed by atoms with Gasteiger partial charge in [-0.15, -0.1) is 0 Å². The van der Waals surface area contributed by atoms with E-state index in [9.17, 15) is 4.79 Å². The third-order valence-electron chi connectivity index (χ3n) is 1.95. The standard InChI is InChI=1S/C10H22N2O2/c1-4-6-9(11)10(13)12-7-8(3)14-5-2/h8-9H,4-7,11H2,1-3H3,(H,12,13)/t8?,9-/m1/s1. The SMILES string of the molecule is CCC[C@@H](N)C(=O)NCC(C)OCC. The van der Waals surface area contributed by atoms with Crippen LogP contribution in [0, 0.1) is 0 Å². The van der Waals surface area contributed by atoms with Crippen LogP contribution in [0.1, 0.15) is 33.6 Å². The molecule has 2 atom stereocenters. The molecule has 0 fully saturated rings. The summed E-state index contributed by atoms with van der Waals surface area (Å²) < 4.78 is 5.28. The second-order valence-electron chi connectivity index (χ2n) is 3.41. The molecule has 3 N–H and O–H groups in total. The van der Waals surface area contributed by atoms with E-state index in [-0.39, 0.29) is 18.1 Å². The Hall–Kier alpha value is -0.610. The van der Waals surface area contributed by atoms with Crippen molar-refractivity contribution in [2.24, 2.45) is 5.73 Å². The molecule has 1 unspecified atom stereocenters. The molecule has 4 nitrogen and oxygen atoms in total. The Labute approximate surface area is 86.2 Å². The molecule has 0 bridgehead atoms. The molecule has 0 radical (unpaired) electrons. The summed E-state index contributed by atoms with van der Waals surface area (Å²) in [7, 11) is 0. The minimum Gasteiger partial charge on any atom is -0.377 e. The molecule has 0 aromatic carbocycles. The summed E-state index contributed by atoms with van der Waals surface area (Å²) in [5, 5.41) is 2.76. The lowest BCUT2D eigenvalue weighted by Crippen LogP contribution is -2.43. The molecule has 1 amide bonds. The Morgan fingerprint density at radius 2 is 2.14 bits per heavy atom. The molecule has 0 rings (SSSR count). The van der Waals surface area contributed by atoms with Gasteiger partial charge >= 0.3 is 0 Å². The first kappa shape index (κ1) is 13.4. The molecule has 0 heterocycles. The van der Waals surface area contributed by atoms with Crippen molar-refractivity contribution in [3.63, 3.8) is 0 Å². The summed E-state index contributed by atoms with van der Waals surface area (Å²) in [5.74, 6) is -0.0848. The van der Waals surface area contributed by atoms with Crippen LogP contribution in [0.3, 0.4) is 0 Å². The van der Waals surface area contributed by atoms with Crippen LogP contribution < -0.4 is 11.1 Å². The number of nitrogens with two attached hydrogens (primary N) is 1. The van der Waals surface area contributed by atoms with Crippen molar-refractivity contribution >= 4 is 5.91 Å². The van der Waals surface area contributed by atoms with Gasteiger partial charge in [-0.2, -0.15) is 0 Å². The smallest absolute Gasteiger partial charge is 0.237 e. The maximum absolute atomic E-state index is 11.3. The van der Waals surface area contributed by atoms with Crippen LogP contribution in [-0.2, 0) is 9.53 Å². The van der Waals surface area contributed by atoms with Crippen molar-refractivity contribution in [1.82, 2.24) is 5.32 Å². The monoisotopic (exact) mass is 202 g/mol. The largest absolute Gasteiger partial charge is 0.377 e. The maximum Gasteiger partial charge on any atom is 0.237 e. The fraction of sp³-hybridized carbons (Fsp3) is 0.900. The van der Waals surface area contributed by atoms with Gasteiger partial charge < -0.3 is 15.8 Å². The van der Waals surface area contributed by atoms with Crippen molar-refractivity contribution in [2.75, 3.05) is 13.2 Å². The summed E-state index contributed by atoms with van der Waals surface area (Å²) in [5.41, 5.74) is 5.64. The minimum absolute atomic E-state index is 0.0535. The van der Waals surface area contributed by atoms with Crippen LogP contribution in [0.4, 0.5) is 0 Å². The quantitative estimate of drug-likeness (QED) is 0.637. The topological polar surface area (TPSA) is 64.4 Å². The highest BCUT2D eigenvalue weighted by molar-refractivity contribution is 5.81. The molecule has 0 aliphatic rings. The minimum atomic E-state index is -0.381. The van der Waals surface area contributed by atoms with Gasteiger partial charge in [0.15, 0.2) is 0 Å². The van der Waals surface area contributed by atoms with Crippen LogP contribution in [0.25, 0.3) is 0 Å². The van der Waals surface area contributed by atoms with Gasteiger partial charge in [0.25, 0.3) is 0 Å². The fourth-order valence-electron chi connectivity index (χ4n) is 1.16. The van der Waals surface area contributed by atoms with Crippen LogP contribution in [-0.4, -0.2) is 31.2 Å². The number of hydrogen-bond donors (Lipinski definition) is 2. The molecular weight excluding hydrogens is 180 g/mol. The van der Waals surface area contributed by atoms with Gasteiger partial charge in [0, 0.05) is 13.2 Å². The van der Waals surface area contributed by atoms with Gasteiger partial charge in [-0.1, -0.05) is 13.3 Å². The first-order valence-electron chi connectivity index (χ1n) is 5.26. The van der Waals surface area contributed by atoms with E-state index in [2.05, 4.69) is 5.32 Å². The summed E-state index contributed by atoms with van der Waals surface area (Å²) in [4.78, 5) is 11.3. The molecule has 0 aromatic heterocycles. The zero-order valence-electron chi connectivity index (χ0n) is 9.38. The summed E-state index contributed by atoms with van der Waals surface area (Å²) in [6, 6.07) is -0.381. The van der Waals surface area contributed by atoms with Gasteiger partial charge in [-0.3, -0.25) is 4.79 Å². The van der Waals surface area contributed by atoms with Crippen LogP contribution >= 0.6 is 0 Å². The molecule has 0 aliphatic heterocycles. The van der Waals surface area contributed by atoms with Crippen molar-refractivity contribution in [3.05, 3.63) is 0 Å². The lowest BCUT2D eigenvalue weighted by atomic mass is 10.1. The Kier molecular flexibility index (Phi) is 7.42.